The molecule has 24 heavy (non-hydrogen) atoms. The lowest BCUT2D eigenvalue weighted by molar-refractivity contribution is 0.187. The van der Waals surface area contributed by atoms with Crippen LogP contribution in [-0.4, -0.2) is 29.1 Å². The zero-order valence-electron chi connectivity index (χ0n) is 14.2. The Morgan fingerprint density at radius 2 is 2.00 bits per heavy atom. The van der Waals surface area contributed by atoms with Gasteiger partial charge in [0.1, 0.15) is 11.5 Å². The van der Waals surface area contributed by atoms with E-state index in [4.69, 9.17) is 4.42 Å². The van der Waals surface area contributed by atoms with E-state index in [-0.39, 0.29) is 36.6 Å². The van der Waals surface area contributed by atoms with Gasteiger partial charge in [0.25, 0.3) is 0 Å². The molecule has 0 bridgehead atoms. The molecular weight excluding hydrogens is 419 g/mol. The van der Waals surface area contributed by atoms with Crippen LogP contribution >= 0.6 is 24.0 Å². The van der Waals surface area contributed by atoms with Crippen molar-refractivity contribution in [2.24, 2.45) is 4.99 Å². The molecule has 2 atom stereocenters. The van der Waals surface area contributed by atoms with E-state index in [1.54, 1.807) is 24.5 Å². The Kier molecular flexibility index (Phi) is 8.77. The molecule has 0 radical (unpaired) electrons. The lowest BCUT2D eigenvalue weighted by atomic mass is 10.1. The van der Waals surface area contributed by atoms with Crippen molar-refractivity contribution in [2.75, 3.05) is 13.1 Å². The van der Waals surface area contributed by atoms with E-state index >= 15 is 0 Å². The van der Waals surface area contributed by atoms with Gasteiger partial charge in [0.2, 0.25) is 0 Å². The average molecular weight is 444 g/mol. The van der Waals surface area contributed by atoms with Crippen LogP contribution in [0.3, 0.4) is 0 Å². The quantitative estimate of drug-likeness (QED) is 0.363. The minimum atomic E-state index is -0.658. The summed E-state index contributed by atoms with van der Waals surface area (Å²) in [5, 5.41) is 16.6. The van der Waals surface area contributed by atoms with Gasteiger partial charge >= 0.3 is 0 Å². The number of nitrogens with one attached hydrogen (secondary N) is 2. The molecule has 7 heteroatoms. The van der Waals surface area contributed by atoms with E-state index in [9.17, 15) is 5.11 Å². The molecule has 0 aliphatic carbocycles. The van der Waals surface area contributed by atoms with Crippen LogP contribution in [0.15, 0.2) is 46.1 Å². The number of furan rings is 1. The number of pyridine rings is 1. The van der Waals surface area contributed by atoms with Gasteiger partial charge in [-0.2, -0.15) is 0 Å². The fourth-order valence-electron chi connectivity index (χ4n) is 2.15. The normalized spacial score (nSPS) is 13.8. The van der Waals surface area contributed by atoms with Gasteiger partial charge < -0.3 is 20.2 Å². The van der Waals surface area contributed by atoms with E-state index in [1.807, 2.05) is 32.9 Å². The molecule has 0 fully saturated rings. The second kappa shape index (κ2) is 10.3. The highest BCUT2D eigenvalue weighted by molar-refractivity contribution is 14.0. The van der Waals surface area contributed by atoms with Gasteiger partial charge in [-0.1, -0.05) is 0 Å². The minimum absolute atomic E-state index is 0. The Labute approximate surface area is 159 Å². The number of hydrogen-bond donors (Lipinski definition) is 3. The van der Waals surface area contributed by atoms with Crippen molar-refractivity contribution >= 4 is 29.9 Å². The highest BCUT2D eigenvalue weighted by Crippen LogP contribution is 2.15. The molecule has 0 amide bonds. The van der Waals surface area contributed by atoms with Crippen LogP contribution in [0.1, 0.15) is 43.1 Å². The molecule has 2 rings (SSSR count). The summed E-state index contributed by atoms with van der Waals surface area (Å²) in [6, 6.07) is 7.44. The number of nitrogens with zero attached hydrogens (tertiary/aromatic N) is 2. The zero-order chi connectivity index (χ0) is 16.7. The van der Waals surface area contributed by atoms with Crippen molar-refractivity contribution in [1.29, 1.82) is 0 Å². The van der Waals surface area contributed by atoms with E-state index in [0.29, 0.717) is 5.96 Å². The molecule has 0 saturated heterocycles. The summed E-state index contributed by atoms with van der Waals surface area (Å²) in [6.07, 6.45) is 2.66. The predicted molar refractivity (Wildman–Crippen MR) is 106 cm³/mol. The molecule has 6 nitrogen and oxygen atoms in total. The summed E-state index contributed by atoms with van der Waals surface area (Å²) in [6.45, 7) is 6.92. The Morgan fingerprint density at radius 1 is 1.29 bits per heavy atom. The number of hydrogen-bond acceptors (Lipinski definition) is 4. The largest absolute Gasteiger partial charge is 0.464 e. The number of aromatic nitrogens is 1. The van der Waals surface area contributed by atoms with Crippen molar-refractivity contribution in [3.63, 3.8) is 0 Å². The summed E-state index contributed by atoms with van der Waals surface area (Å²) < 4.78 is 5.62. The second-order valence-electron chi connectivity index (χ2n) is 5.33. The molecule has 0 aliphatic heterocycles. The van der Waals surface area contributed by atoms with Crippen LogP contribution in [0, 0.1) is 6.92 Å². The van der Waals surface area contributed by atoms with Gasteiger partial charge in [0, 0.05) is 18.9 Å². The standard InChI is InChI=1S/C17H24N4O2.HI/c1-4-19-17(21-13(3)16-6-5-12(2)23-16)20-11-15(22)14-7-9-18-10-8-14;/h5-10,13,15,22H,4,11H2,1-3H3,(H2,19,20,21);1H. The molecular formula is C17H25IN4O2. The smallest absolute Gasteiger partial charge is 0.191 e. The maximum atomic E-state index is 10.2. The summed E-state index contributed by atoms with van der Waals surface area (Å²) >= 11 is 0. The van der Waals surface area contributed by atoms with Crippen molar-refractivity contribution in [3.05, 3.63) is 53.7 Å². The van der Waals surface area contributed by atoms with Crippen LogP contribution in [0.5, 0.6) is 0 Å². The van der Waals surface area contributed by atoms with E-state index in [2.05, 4.69) is 20.6 Å². The first-order valence-corrected chi connectivity index (χ1v) is 7.79. The Hall–Kier alpha value is -1.61. The third-order valence-corrected chi connectivity index (χ3v) is 3.40. The molecule has 132 valence electrons. The minimum Gasteiger partial charge on any atom is -0.464 e. The maximum Gasteiger partial charge on any atom is 0.191 e. The van der Waals surface area contributed by atoms with Gasteiger partial charge in [-0.25, -0.2) is 0 Å². The number of aliphatic hydroxyl groups excluding tert-OH is 1. The first-order valence-electron chi connectivity index (χ1n) is 7.79. The summed E-state index contributed by atoms with van der Waals surface area (Å²) in [5.41, 5.74) is 0.800. The summed E-state index contributed by atoms with van der Waals surface area (Å²) in [5.74, 6) is 2.37. The number of aryl methyl sites for hydroxylation is 1. The van der Waals surface area contributed by atoms with Gasteiger partial charge in [-0.05, 0) is 50.6 Å². The molecule has 0 aromatic carbocycles. The second-order valence-corrected chi connectivity index (χ2v) is 5.33. The molecule has 0 aliphatic rings. The van der Waals surface area contributed by atoms with Crippen LogP contribution in [0.2, 0.25) is 0 Å². The van der Waals surface area contributed by atoms with E-state index < -0.39 is 6.10 Å². The molecule has 3 N–H and O–H groups in total. The number of halogens is 1. The van der Waals surface area contributed by atoms with E-state index in [0.717, 1.165) is 23.6 Å². The molecule has 2 heterocycles. The Bertz CT molecular complexity index is 631. The number of aliphatic imine (C=N–C) groups is 1. The topological polar surface area (TPSA) is 82.7 Å². The predicted octanol–water partition coefficient (Wildman–Crippen LogP) is 2.95. The number of aliphatic hydroxyl groups is 1. The maximum absolute atomic E-state index is 10.2. The zero-order valence-corrected chi connectivity index (χ0v) is 16.5. The number of guanidine groups is 1. The molecule has 0 saturated carbocycles. The van der Waals surface area contributed by atoms with Crippen molar-refractivity contribution in [2.45, 2.75) is 32.9 Å². The third kappa shape index (κ3) is 6.12. The van der Waals surface area contributed by atoms with Crippen molar-refractivity contribution < 1.29 is 9.52 Å². The highest BCUT2D eigenvalue weighted by Gasteiger charge is 2.12. The van der Waals surface area contributed by atoms with Crippen LogP contribution in [-0.2, 0) is 0 Å². The van der Waals surface area contributed by atoms with Crippen molar-refractivity contribution in [1.82, 2.24) is 15.6 Å². The lowest BCUT2D eigenvalue weighted by Crippen LogP contribution is -2.39. The Morgan fingerprint density at radius 3 is 2.58 bits per heavy atom. The monoisotopic (exact) mass is 444 g/mol. The first-order chi connectivity index (χ1) is 11.1. The fraction of sp³-hybridized carbons (Fsp3) is 0.412. The SMILES string of the molecule is CCNC(=NCC(O)c1ccncc1)NC(C)c1ccc(C)o1.I. The van der Waals surface area contributed by atoms with Crippen molar-refractivity contribution in [3.8, 4) is 0 Å². The van der Waals surface area contributed by atoms with Gasteiger partial charge in [-0.15, -0.1) is 24.0 Å². The Balaban J connectivity index is 0.00000288. The summed E-state index contributed by atoms with van der Waals surface area (Å²) in [4.78, 5) is 8.39. The van der Waals surface area contributed by atoms with E-state index in [1.165, 1.54) is 0 Å². The fourth-order valence-corrected chi connectivity index (χ4v) is 2.15. The number of rotatable bonds is 6. The average Bonchev–Trinajstić information content (AvgIpc) is 3.00. The molecule has 0 spiro atoms. The highest BCUT2D eigenvalue weighted by atomic mass is 127. The lowest BCUT2D eigenvalue weighted by Gasteiger charge is -2.17. The summed E-state index contributed by atoms with van der Waals surface area (Å²) in [7, 11) is 0. The van der Waals surface area contributed by atoms with Crippen LogP contribution < -0.4 is 10.6 Å². The first kappa shape index (κ1) is 20.4. The van der Waals surface area contributed by atoms with Crippen LogP contribution in [0.4, 0.5) is 0 Å². The van der Waals surface area contributed by atoms with Gasteiger partial charge in [-0.3, -0.25) is 9.98 Å². The molecule has 2 aromatic heterocycles. The van der Waals surface area contributed by atoms with Crippen LogP contribution in [0.25, 0.3) is 0 Å². The third-order valence-electron chi connectivity index (χ3n) is 3.40. The molecule has 2 unspecified atom stereocenters. The molecule has 2 aromatic rings. The van der Waals surface area contributed by atoms with Gasteiger partial charge in [0.15, 0.2) is 5.96 Å². The van der Waals surface area contributed by atoms with Gasteiger partial charge in [0.05, 0.1) is 18.7 Å².